The second-order valence-corrected chi connectivity index (χ2v) is 4.63. The zero-order valence-electron chi connectivity index (χ0n) is 12.6. The number of hydrogen-bond donors (Lipinski definition) is 2. The van der Waals surface area contributed by atoms with E-state index in [0.717, 1.165) is 19.6 Å². The molecule has 6 heteroatoms. The normalized spacial score (nSPS) is 14.6. The lowest BCUT2D eigenvalue weighted by molar-refractivity contribution is -0.120. The molecule has 0 aromatic heterocycles. The average Bonchev–Trinajstić information content (AvgIpc) is 2.37. The molecule has 0 aliphatic carbocycles. The van der Waals surface area contributed by atoms with Crippen LogP contribution < -0.4 is 11.1 Å². The van der Waals surface area contributed by atoms with E-state index < -0.39 is 0 Å². The molecule has 0 radical (unpaired) electrons. The first kappa shape index (κ1) is 18.3. The molecular weight excluding hydrogens is 246 g/mol. The Morgan fingerprint density at radius 3 is 2.47 bits per heavy atom. The first-order valence-electron chi connectivity index (χ1n) is 6.81. The number of carbonyl (C=O) groups is 1. The summed E-state index contributed by atoms with van der Waals surface area (Å²) in [6, 6.07) is 0.0140. The highest BCUT2D eigenvalue weighted by Gasteiger charge is 2.18. The van der Waals surface area contributed by atoms with Crippen molar-refractivity contribution in [2.75, 3.05) is 47.1 Å². The van der Waals surface area contributed by atoms with Crippen LogP contribution in [-0.4, -0.2) is 70.0 Å². The summed E-state index contributed by atoms with van der Waals surface area (Å²) in [6.45, 7) is 7.73. The number of carbonyl (C=O) groups excluding carboxylic acids is 1. The quantitative estimate of drug-likeness (QED) is 0.517. The average molecular weight is 275 g/mol. The fraction of sp³-hybridized carbons (Fsp3) is 0.923. The second-order valence-electron chi connectivity index (χ2n) is 4.63. The van der Waals surface area contributed by atoms with Crippen molar-refractivity contribution in [2.24, 2.45) is 5.73 Å². The van der Waals surface area contributed by atoms with Crippen molar-refractivity contribution in [1.29, 1.82) is 0 Å². The van der Waals surface area contributed by atoms with Crippen LogP contribution in [0.3, 0.4) is 0 Å². The number of primary amides is 1. The third-order valence-electron chi connectivity index (χ3n) is 3.11. The van der Waals surface area contributed by atoms with Gasteiger partial charge in [0.05, 0.1) is 19.3 Å². The molecular formula is C13H29N3O3. The van der Waals surface area contributed by atoms with Gasteiger partial charge in [0.15, 0.2) is 0 Å². The number of nitrogens with zero attached hydrogens (tertiary/aromatic N) is 1. The lowest BCUT2D eigenvalue weighted by atomic mass is 10.1. The van der Waals surface area contributed by atoms with Gasteiger partial charge in [-0.15, -0.1) is 0 Å². The molecule has 2 atom stereocenters. The molecule has 114 valence electrons. The monoisotopic (exact) mass is 275 g/mol. The Hall–Kier alpha value is -0.690. The SMILES string of the molecule is CCNC(CCN(CCOC)C(C)COC)C(N)=O. The third-order valence-corrected chi connectivity index (χ3v) is 3.11. The summed E-state index contributed by atoms with van der Waals surface area (Å²) < 4.78 is 10.3. The molecule has 0 saturated carbocycles. The van der Waals surface area contributed by atoms with E-state index >= 15 is 0 Å². The van der Waals surface area contributed by atoms with Crippen molar-refractivity contribution in [3.05, 3.63) is 0 Å². The Morgan fingerprint density at radius 2 is 2.00 bits per heavy atom. The van der Waals surface area contributed by atoms with Crippen molar-refractivity contribution in [2.45, 2.75) is 32.4 Å². The van der Waals surface area contributed by atoms with Gasteiger partial charge in [0.1, 0.15) is 0 Å². The number of amides is 1. The number of likely N-dealkylation sites (N-methyl/N-ethyl adjacent to an activating group) is 1. The summed E-state index contributed by atoms with van der Waals surface area (Å²) in [7, 11) is 3.37. The molecule has 6 nitrogen and oxygen atoms in total. The Balaban J connectivity index is 4.32. The Kier molecular flexibility index (Phi) is 10.8. The highest BCUT2D eigenvalue weighted by molar-refractivity contribution is 5.79. The number of nitrogens with one attached hydrogen (secondary N) is 1. The predicted molar refractivity (Wildman–Crippen MR) is 76.1 cm³/mol. The number of rotatable bonds is 12. The van der Waals surface area contributed by atoms with Gasteiger partial charge >= 0.3 is 0 Å². The molecule has 19 heavy (non-hydrogen) atoms. The first-order chi connectivity index (χ1) is 9.06. The highest BCUT2D eigenvalue weighted by Crippen LogP contribution is 2.03. The number of methoxy groups -OCH3 is 2. The highest BCUT2D eigenvalue weighted by atomic mass is 16.5. The van der Waals surface area contributed by atoms with Gasteiger partial charge in [-0.25, -0.2) is 0 Å². The molecule has 0 aliphatic heterocycles. The van der Waals surface area contributed by atoms with Gasteiger partial charge in [-0.2, -0.15) is 0 Å². The molecule has 0 aliphatic rings. The second kappa shape index (κ2) is 11.2. The molecule has 0 rings (SSSR count). The van der Waals surface area contributed by atoms with Crippen molar-refractivity contribution in [3.8, 4) is 0 Å². The topological polar surface area (TPSA) is 76.8 Å². The van der Waals surface area contributed by atoms with Gasteiger partial charge in [-0.3, -0.25) is 9.69 Å². The van der Waals surface area contributed by atoms with Crippen molar-refractivity contribution >= 4 is 5.91 Å². The van der Waals surface area contributed by atoms with E-state index in [1.165, 1.54) is 0 Å². The van der Waals surface area contributed by atoms with Crippen LogP contribution in [0.5, 0.6) is 0 Å². The van der Waals surface area contributed by atoms with Crippen LogP contribution in [0.1, 0.15) is 20.3 Å². The molecule has 1 amide bonds. The summed E-state index contributed by atoms with van der Waals surface area (Å²) in [6.07, 6.45) is 0.695. The minimum Gasteiger partial charge on any atom is -0.383 e. The standard InChI is InChI=1S/C13H29N3O3/c1-5-15-12(13(14)17)6-7-16(8-9-18-3)11(2)10-19-4/h11-12,15H,5-10H2,1-4H3,(H2,14,17). The number of ether oxygens (including phenoxy) is 2. The molecule has 0 aromatic rings. The van der Waals surface area contributed by atoms with Crippen molar-refractivity contribution in [3.63, 3.8) is 0 Å². The van der Waals surface area contributed by atoms with Gasteiger partial charge in [0.25, 0.3) is 0 Å². The van der Waals surface area contributed by atoms with Gasteiger partial charge in [0.2, 0.25) is 5.91 Å². The zero-order valence-corrected chi connectivity index (χ0v) is 12.6. The molecule has 0 saturated heterocycles. The summed E-state index contributed by atoms with van der Waals surface area (Å²) in [5, 5.41) is 3.10. The molecule has 2 unspecified atom stereocenters. The van der Waals surface area contributed by atoms with Gasteiger partial charge < -0.3 is 20.5 Å². The predicted octanol–water partition coefficient (Wildman–Crippen LogP) is -0.177. The van der Waals surface area contributed by atoms with E-state index in [4.69, 9.17) is 15.2 Å². The Labute approximate surface area is 116 Å². The van der Waals surface area contributed by atoms with E-state index in [2.05, 4.69) is 17.1 Å². The van der Waals surface area contributed by atoms with Crippen LogP contribution in [-0.2, 0) is 14.3 Å². The molecule has 0 aromatic carbocycles. The van der Waals surface area contributed by atoms with E-state index in [1.807, 2.05) is 6.92 Å². The van der Waals surface area contributed by atoms with Crippen LogP contribution in [0.15, 0.2) is 0 Å². The third kappa shape index (κ3) is 8.15. The fourth-order valence-corrected chi connectivity index (χ4v) is 1.99. The largest absolute Gasteiger partial charge is 0.383 e. The van der Waals surface area contributed by atoms with E-state index in [9.17, 15) is 4.79 Å². The maximum atomic E-state index is 11.3. The minimum absolute atomic E-state index is 0.273. The van der Waals surface area contributed by atoms with Gasteiger partial charge in [-0.1, -0.05) is 6.92 Å². The zero-order chi connectivity index (χ0) is 14.7. The molecule has 0 fully saturated rings. The first-order valence-corrected chi connectivity index (χ1v) is 6.81. The van der Waals surface area contributed by atoms with Crippen LogP contribution in [0, 0.1) is 0 Å². The Morgan fingerprint density at radius 1 is 1.32 bits per heavy atom. The van der Waals surface area contributed by atoms with Crippen LogP contribution in [0.2, 0.25) is 0 Å². The smallest absolute Gasteiger partial charge is 0.234 e. The minimum atomic E-state index is -0.298. The number of nitrogens with two attached hydrogens (primary N) is 1. The maximum Gasteiger partial charge on any atom is 0.234 e. The molecule has 0 spiro atoms. The summed E-state index contributed by atoms with van der Waals surface area (Å²) in [5.41, 5.74) is 5.37. The molecule has 0 bridgehead atoms. The van der Waals surface area contributed by atoms with E-state index in [1.54, 1.807) is 14.2 Å². The van der Waals surface area contributed by atoms with E-state index in [-0.39, 0.29) is 18.0 Å². The van der Waals surface area contributed by atoms with Gasteiger partial charge in [0, 0.05) is 33.4 Å². The van der Waals surface area contributed by atoms with Crippen LogP contribution >= 0.6 is 0 Å². The summed E-state index contributed by atoms with van der Waals surface area (Å²) in [5.74, 6) is -0.298. The molecule has 0 heterocycles. The maximum absolute atomic E-state index is 11.3. The van der Waals surface area contributed by atoms with Crippen molar-refractivity contribution < 1.29 is 14.3 Å². The number of hydrogen-bond acceptors (Lipinski definition) is 5. The summed E-state index contributed by atoms with van der Waals surface area (Å²) >= 11 is 0. The van der Waals surface area contributed by atoms with Crippen LogP contribution in [0.25, 0.3) is 0 Å². The lowest BCUT2D eigenvalue weighted by Gasteiger charge is -2.29. The van der Waals surface area contributed by atoms with Crippen molar-refractivity contribution in [1.82, 2.24) is 10.2 Å². The van der Waals surface area contributed by atoms with Gasteiger partial charge in [-0.05, 0) is 19.9 Å². The van der Waals surface area contributed by atoms with Crippen LogP contribution in [0.4, 0.5) is 0 Å². The van der Waals surface area contributed by atoms with E-state index in [0.29, 0.717) is 19.6 Å². The lowest BCUT2D eigenvalue weighted by Crippen LogP contribution is -2.46. The Bertz CT molecular complexity index is 239. The summed E-state index contributed by atoms with van der Waals surface area (Å²) in [4.78, 5) is 13.6. The molecule has 3 N–H and O–H groups in total. The fourth-order valence-electron chi connectivity index (χ4n) is 1.99.